The lowest BCUT2D eigenvalue weighted by atomic mass is 10.3. The zero-order valence-electron chi connectivity index (χ0n) is 13.3. The van der Waals surface area contributed by atoms with Crippen LogP contribution in [0.5, 0.6) is 0 Å². The predicted molar refractivity (Wildman–Crippen MR) is 88.4 cm³/mol. The van der Waals surface area contributed by atoms with Gasteiger partial charge in [-0.2, -0.15) is 0 Å². The minimum atomic E-state index is -4.15. The van der Waals surface area contributed by atoms with Crippen LogP contribution in [-0.4, -0.2) is 35.5 Å². The molecule has 1 fully saturated rings. The molecule has 1 aliphatic rings. The van der Waals surface area contributed by atoms with Gasteiger partial charge >= 0.3 is 6.03 Å². The van der Waals surface area contributed by atoms with Gasteiger partial charge in [0.05, 0.1) is 9.79 Å². The molecular weight excluding hydrogens is 354 g/mol. The quantitative estimate of drug-likeness (QED) is 0.583. The van der Waals surface area contributed by atoms with Crippen molar-refractivity contribution in [2.24, 2.45) is 0 Å². The number of urea groups is 1. The zero-order valence-corrected chi connectivity index (χ0v) is 14.9. The van der Waals surface area contributed by atoms with Crippen molar-refractivity contribution in [2.45, 2.75) is 48.4 Å². The summed E-state index contributed by atoms with van der Waals surface area (Å²) in [7, 11) is -7.92. The highest BCUT2D eigenvalue weighted by atomic mass is 32.2. The lowest BCUT2D eigenvalue weighted by Crippen LogP contribution is -2.39. The molecule has 10 heteroatoms. The minimum Gasteiger partial charge on any atom is -0.337 e. The lowest BCUT2D eigenvalue weighted by molar-refractivity contribution is 0.245. The van der Waals surface area contributed by atoms with Crippen molar-refractivity contribution in [3.63, 3.8) is 0 Å². The second-order valence-corrected chi connectivity index (χ2v) is 8.98. The van der Waals surface area contributed by atoms with Crippen LogP contribution in [0.3, 0.4) is 0 Å². The lowest BCUT2D eigenvalue weighted by Gasteiger charge is -2.10. The number of benzene rings is 1. The molecule has 8 nitrogen and oxygen atoms in total. The fraction of sp³-hybridized carbons (Fsp3) is 0.500. The molecule has 0 aromatic heterocycles. The number of nitrogens with one attached hydrogen (secondary N) is 3. The first-order chi connectivity index (χ1) is 11.2. The molecule has 1 aromatic carbocycles. The van der Waals surface area contributed by atoms with E-state index in [0.29, 0.717) is 6.54 Å². The van der Waals surface area contributed by atoms with E-state index in [1.807, 2.05) is 11.6 Å². The Bertz CT molecular complexity index is 801. The number of carbonyl (C=O) groups is 1. The van der Waals surface area contributed by atoms with Crippen molar-refractivity contribution in [2.75, 3.05) is 6.54 Å². The molecule has 0 bridgehead atoms. The first-order valence-electron chi connectivity index (χ1n) is 7.67. The largest absolute Gasteiger partial charge is 0.337 e. The smallest absolute Gasteiger partial charge is 0.328 e. The monoisotopic (exact) mass is 375 g/mol. The van der Waals surface area contributed by atoms with Crippen LogP contribution < -0.4 is 14.8 Å². The summed E-state index contributed by atoms with van der Waals surface area (Å²) in [5, 5.41) is 2.43. The molecule has 1 saturated carbocycles. The molecule has 1 aliphatic carbocycles. The van der Waals surface area contributed by atoms with Crippen LogP contribution in [0.2, 0.25) is 0 Å². The van der Waals surface area contributed by atoms with Crippen molar-refractivity contribution < 1.29 is 21.6 Å². The Morgan fingerprint density at radius 2 is 1.75 bits per heavy atom. The number of amides is 2. The number of hydrogen-bond donors (Lipinski definition) is 3. The molecule has 0 saturated heterocycles. The maximum atomic E-state index is 12.2. The SMILES string of the molecule is CCCCNC(=O)NS(=O)(=O)c1cccc(S(=O)(=O)NC2CC2)c1. The zero-order chi connectivity index (χ0) is 17.8. The summed E-state index contributed by atoms with van der Waals surface area (Å²) < 4.78 is 53.1. The van der Waals surface area contributed by atoms with Crippen LogP contribution in [-0.2, 0) is 20.0 Å². The van der Waals surface area contributed by atoms with E-state index in [1.54, 1.807) is 0 Å². The molecule has 3 N–H and O–H groups in total. The second-order valence-electron chi connectivity index (χ2n) is 5.59. The van der Waals surface area contributed by atoms with E-state index in [-0.39, 0.29) is 15.8 Å². The number of sulfonamides is 2. The van der Waals surface area contributed by atoms with Gasteiger partial charge in [-0.3, -0.25) is 0 Å². The van der Waals surface area contributed by atoms with Crippen molar-refractivity contribution in [1.82, 2.24) is 14.8 Å². The molecule has 2 rings (SSSR count). The number of carbonyl (C=O) groups excluding carboxylic acids is 1. The minimum absolute atomic E-state index is 0.0854. The summed E-state index contributed by atoms with van der Waals surface area (Å²) in [4.78, 5) is 11.2. The van der Waals surface area contributed by atoms with E-state index >= 15 is 0 Å². The maximum Gasteiger partial charge on any atom is 0.328 e. The number of unbranched alkanes of at least 4 members (excludes halogenated alkanes) is 1. The average molecular weight is 375 g/mol. The first-order valence-corrected chi connectivity index (χ1v) is 10.6. The van der Waals surface area contributed by atoms with Crippen LogP contribution in [0.1, 0.15) is 32.6 Å². The second kappa shape index (κ2) is 7.49. The molecule has 0 aliphatic heterocycles. The molecule has 24 heavy (non-hydrogen) atoms. The normalized spacial score (nSPS) is 15.0. The molecule has 2 amide bonds. The fourth-order valence-corrected chi connectivity index (χ4v) is 4.29. The van der Waals surface area contributed by atoms with Crippen molar-refractivity contribution >= 4 is 26.1 Å². The highest BCUT2D eigenvalue weighted by molar-refractivity contribution is 7.90. The topological polar surface area (TPSA) is 121 Å². The summed E-state index contributed by atoms with van der Waals surface area (Å²) in [6.45, 7) is 2.30. The van der Waals surface area contributed by atoms with Crippen molar-refractivity contribution in [3.05, 3.63) is 24.3 Å². The van der Waals surface area contributed by atoms with E-state index in [9.17, 15) is 21.6 Å². The highest BCUT2D eigenvalue weighted by Gasteiger charge is 2.29. The number of rotatable bonds is 8. The third kappa shape index (κ3) is 5.18. The van der Waals surface area contributed by atoms with Crippen LogP contribution >= 0.6 is 0 Å². The van der Waals surface area contributed by atoms with Crippen molar-refractivity contribution in [1.29, 1.82) is 0 Å². The van der Waals surface area contributed by atoms with E-state index in [1.165, 1.54) is 18.2 Å². The molecule has 0 unspecified atom stereocenters. The van der Waals surface area contributed by atoms with Gasteiger partial charge < -0.3 is 5.32 Å². The van der Waals surface area contributed by atoms with Gasteiger partial charge in [0.25, 0.3) is 10.0 Å². The van der Waals surface area contributed by atoms with E-state index in [2.05, 4.69) is 10.0 Å². The highest BCUT2D eigenvalue weighted by Crippen LogP contribution is 2.23. The summed E-state index contributed by atoms with van der Waals surface area (Å²) in [6, 6.07) is 3.98. The molecule has 0 atom stereocenters. The Hall–Kier alpha value is -1.65. The first kappa shape index (κ1) is 18.7. The Kier molecular flexibility index (Phi) is 5.83. The van der Waals surface area contributed by atoms with Gasteiger partial charge in [0, 0.05) is 12.6 Å². The van der Waals surface area contributed by atoms with Gasteiger partial charge in [-0.25, -0.2) is 31.1 Å². The Balaban J connectivity index is 2.12. The summed E-state index contributed by atoms with van der Waals surface area (Å²) >= 11 is 0. The van der Waals surface area contributed by atoms with Crippen LogP contribution in [0.15, 0.2) is 34.1 Å². The fourth-order valence-electron chi connectivity index (χ4n) is 1.89. The van der Waals surface area contributed by atoms with Crippen LogP contribution in [0.25, 0.3) is 0 Å². The van der Waals surface area contributed by atoms with Gasteiger partial charge in [-0.05, 0) is 37.5 Å². The summed E-state index contributed by atoms with van der Waals surface area (Å²) in [6.07, 6.45) is 3.14. The average Bonchev–Trinajstić information content (AvgIpc) is 3.30. The molecule has 0 spiro atoms. The number of hydrogen-bond acceptors (Lipinski definition) is 5. The van der Waals surface area contributed by atoms with Gasteiger partial charge in [0.1, 0.15) is 0 Å². The predicted octanol–water partition coefficient (Wildman–Crippen LogP) is 0.915. The van der Waals surface area contributed by atoms with Crippen LogP contribution in [0, 0.1) is 0 Å². The van der Waals surface area contributed by atoms with E-state index < -0.39 is 26.1 Å². The Morgan fingerprint density at radius 3 is 2.33 bits per heavy atom. The Morgan fingerprint density at radius 1 is 1.12 bits per heavy atom. The van der Waals surface area contributed by atoms with Crippen LogP contribution in [0.4, 0.5) is 4.79 Å². The van der Waals surface area contributed by atoms with Gasteiger partial charge in [-0.15, -0.1) is 0 Å². The standard InChI is InChI=1S/C14H21N3O5S2/c1-2-3-9-15-14(18)17-24(21,22)13-6-4-5-12(10-13)23(19,20)16-11-7-8-11/h4-6,10-11,16H,2-3,7-9H2,1H3,(H2,15,17,18). The maximum absolute atomic E-state index is 12.2. The van der Waals surface area contributed by atoms with Crippen molar-refractivity contribution in [3.8, 4) is 0 Å². The summed E-state index contributed by atoms with van der Waals surface area (Å²) in [5.41, 5.74) is 0. The molecule has 134 valence electrons. The molecule has 1 aromatic rings. The van der Waals surface area contributed by atoms with Gasteiger partial charge in [0.2, 0.25) is 10.0 Å². The summed E-state index contributed by atoms with van der Waals surface area (Å²) in [5.74, 6) is 0. The third-order valence-corrected chi connectivity index (χ3v) is 6.22. The van der Waals surface area contributed by atoms with Gasteiger partial charge in [0.15, 0.2) is 0 Å². The third-order valence-electron chi connectivity index (χ3n) is 3.37. The van der Waals surface area contributed by atoms with E-state index in [0.717, 1.165) is 31.7 Å². The Labute approximate surface area is 142 Å². The van der Waals surface area contributed by atoms with Gasteiger partial charge in [-0.1, -0.05) is 19.4 Å². The molecular formula is C14H21N3O5S2. The molecule has 0 heterocycles. The van der Waals surface area contributed by atoms with E-state index in [4.69, 9.17) is 0 Å². The molecule has 0 radical (unpaired) electrons.